The van der Waals surface area contributed by atoms with Gasteiger partial charge in [-0.2, -0.15) is 11.3 Å². The molecule has 0 aliphatic carbocycles. The van der Waals surface area contributed by atoms with E-state index in [2.05, 4.69) is 15.0 Å². The van der Waals surface area contributed by atoms with Crippen molar-refractivity contribution in [1.29, 1.82) is 0 Å². The van der Waals surface area contributed by atoms with Crippen LogP contribution in [0.3, 0.4) is 0 Å². The first-order valence-electron chi connectivity index (χ1n) is 6.47. The van der Waals surface area contributed by atoms with Crippen molar-refractivity contribution in [2.24, 2.45) is 0 Å². The van der Waals surface area contributed by atoms with Gasteiger partial charge in [-0.25, -0.2) is 0 Å². The summed E-state index contributed by atoms with van der Waals surface area (Å²) in [5.74, 6) is -0.585. The molecule has 110 valence electrons. The van der Waals surface area contributed by atoms with Crippen LogP contribution in [0.2, 0.25) is 0 Å². The minimum absolute atomic E-state index is 0.154. The number of amides is 1. The number of aryl methyl sites for hydroxylation is 1. The molecule has 1 N–H and O–H groups in total. The second-order valence-electron chi connectivity index (χ2n) is 4.42. The number of aromatic nitrogens is 1. The Morgan fingerprint density at radius 1 is 1.33 bits per heavy atom. The molecule has 1 amide bonds. The molecule has 0 saturated carbocycles. The predicted octanol–water partition coefficient (Wildman–Crippen LogP) is 2.41. The number of carbonyl (C=O) groups excluding carboxylic acids is 2. The molecule has 0 radical (unpaired) electrons. The van der Waals surface area contributed by atoms with Crippen molar-refractivity contribution in [3.05, 3.63) is 40.2 Å². The van der Waals surface area contributed by atoms with E-state index in [1.54, 1.807) is 24.3 Å². The minimum atomic E-state index is -0.349. The number of esters is 1. The molecule has 2 aromatic heterocycles. The van der Waals surface area contributed by atoms with Crippen LogP contribution in [-0.4, -0.2) is 30.5 Å². The third-order valence-electron chi connectivity index (χ3n) is 2.99. The Morgan fingerprint density at radius 3 is 2.76 bits per heavy atom. The van der Waals surface area contributed by atoms with Gasteiger partial charge in [0.1, 0.15) is 0 Å². The summed E-state index contributed by atoms with van der Waals surface area (Å²) in [5, 5.41) is 6.68. The van der Waals surface area contributed by atoms with E-state index in [4.69, 9.17) is 0 Å². The van der Waals surface area contributed by atoms with Gasteiger partial charge in [0.15, 0.2) is 0 Å². The highest BCUT2D eigenvalue weighted by molar-refractivity contribution is 7.08. The van der Waals surface area contributed by atoms with Crippen LogP contribution in [0.5, 0.6) is 0 Å². The number of nitrogens with zero attached hydrogens (tertiary/aromatic N) is 1. The second-order valence-corrected chi connectivity index (χ2v) is 5.20. The van der Waals surface area contributed by atoms with Gasteiger partial charge in [0.05, 0.1) is 30.5 Å². The Bertz CT molecular complexity index is 638. The summed E-state index contributed by atoms with van der Waals surface area (Å²) in [6.07, 6.45) is 0.154. The van der Waals surface area contributed by atoms with Crippen molar-refractivity contribution in [2.45, 2.75) is 13.3 Å². The van der Waals surface area contributed by atoms with Gasteiger partial charge in [0.25, 0.3) is 5.91 Å². The highest BCUT2D eigenvalue weighted by Crippen LogP contribution is 2.21. The van der Waals surface area contributed by atoms with E-state index in [-0.39, 0.29) is 24.8 Å². The molecule has 0 aliphatic rings. The minimum Gasteiger partial charge on any atom is -0.469 e. The molecule has 0 fully saturated rings. The Balaban J connectivity index is 2.03. The number of nitrogens with one attached hydrogen (secondary N) is 1. The summed E-state index contributed by atoms with van der Waals surface area (Å²) in [6, 6.07) is 5.57. The largest absolute Gasteiger partial charge is 0.469 e. The SMILES string of the molecule is COC(=O)CCNC(=O)c1ccc(-c2ccsc2)nc1C. The molecule has 0 aliphatic heterocycles. The summed E-state index contributed by atoms with van der Waals surface area (Å²) in [5.41, 5.74) is 3.06. The van der Waals surface area contributed by atoms with E-state index in [9.17, 15) is 9.59 Å². The first-order chi connectivity index (χ1) is 10.1. The Hall–Kier alpha value is -2.21. The van der Waals surface area contributed by atoms with Crippen molar-refractivity contribution >= 4 is 23.2 Å². The van der Waals surface area contributed by atoms with Crippen molar-refractivity contribution in [2.75, 3.05) is 13.7 Å². The van der Waals surface area contributed by atoms with Crippen LogP contribution in [0.1, 0.15) is 22.5 Å². The van der Waals surface area contributed by atoms with E-state index in [0.29, 0.717) is 11.3 Å². The quantitative estimate of drug-likeness (QED) is 0.861. The van der Waals surface area contributed by atoms with Gasteiger partial charge in [-0.1, -0.05) is 0 Å². The number of hydrogen-bond acceptors (Lipinski definition) is 5. The number of thiophene rings is 1. The molecular formula is C15H16N2O3S. The van der Waals surface area contributed by atoms with Crippen LogP contribution in [-0.2, 0) is 9.53 Å². The standard InChI is InChI=1S/C15H16N2O3S/c1-10-12(15(19)16-7-5-14(18)20-2)3-4-13(17-10)11-6-8-21-9-11/h3-4,6,8-9H,5,7H2,1-2H3,(H,16,19). The molecule has 2 heterocycles. The predicted molar refractivity (Wildman–Crippen MR) is 81.3 cm³/mol. The Labute approximate surface area is 127 Å². The molecule has 0 aromatic carbocycles. The zero-order valence-electron chi connectivity index (χ0n) is 11.9. The maximum Gasteiger partial charge on any atom is 0.307 e. The number of hydrogen-bond donors (Lipinski definition) is 1. The van der Waals surface area contributed by atoms with Gasteiger partial charge in [0, 0.05) is 17.5 Å². The monoisotopic (exact) mass is 304 g/mol. The van der Waals surface area contributed by atoms with Crippen molar-refractivity contribution in [1.82, 2.24) is 10.3 Å². The second kappa shape index (κ2) is 6.99. The third-order valence-corrected chi connectivity index (χ3v) is 3.67. The zero-order chi connectivity index (χ0) is 15.2. The summed E-state index contributed by atoms with van der Waals surface area (Å²) in [7, 11) is 1.32. The van der Waals surface area contributed by atoms with Crippen LogP contribution in [0.15, 0.2) is 29.0 Å². The molecule has 0 saturated heterocycles. The average molecular weight is 304 g/mol. The van der Waals surface area contributed by atoms with Gasteiger partial charge in [0.2, 0.25) is 0 Å². The molecule has 6 heteroatoms. The molecule has 21 heavy (non-hydrogen) atoms. The lowest BCUT2D eigenvalue weighted by Gasteiger charge is -2.08. The van der Waals surface area contributed by atoms with Crippen LogP contribution < -0.4 is 5.32 Å². The number of carbonyl (C=O) groups is 2. The fourth-order valence-corrected chi connectivity index (χ4v) is 2.50. The lowest BCUT2D eigenvalue weighted by Crippen LogP contribution is -2.27. The van der Waals surface area contributed by atoms with Crippen molar-refractivity contribution in [3.63, 3.8) is 0 Å². The molecule has 0 unspecified atom stereocenters. The summed E-state index contributed by atoms with van der Waals surface area (Å²) >= 11 is 1.60. The molecular weight excluding hydrogens is 288 g/mol. The van der Waals surface area contributed by atoms with Gasteiger partial charge in [-0.3, -0.25) is 14.6 Å². The molecule has 0 atom stereocenters. The zero-order valence-corrected chi connectivity index (χ0v) is 12.7. The highest BCUT2D eigenvalue weighted by atomic mass is 32.1. The lowest BCUT2D eigenvalue weighted by atomic mass is 10.1. The van der Waals surface area contributed by atoms with Crippen LogP contribution in [0, 0.1) is 6.92 Å². The lowest BCUT2D eigenvalue weighted by molar-refractivity contribution is -0.140. The van der Waals surface area contributed by atoms with E-state index < -0.39 is 0 Å². The van der Waals surface area contributed by atoms with Gasteiger partial charge in [-0.05, 0) is 30.5 Å². The number of ether oxygens (including phenoxy) is 1. The smallest absolute Gasteiger partial charge is 0.307 e. The van der Waals surface area contributed by atoms with Crippen LogP contribution >= 0.6 is 11.3 Å². The molecule has 0 spiro atoms. The first kappa shape index (κ1) is 15.2. The van der Waals surface area contributed by atoms with Crippen molar-refractivity contribution < 1.29 is 14.3 Å². The Kier molecular flexibility index (Phi) is 5.05. The third kappa shape index (κ3) is 3.88. The fourth-order valence-electron chi connectivity index (χ4n) is 1.85. The number of pyridine rings is 1. The number of methoxy groups -OCH3 is 1. The van der Waals surface area contributed by atoms with Crippen LogP contribution in [0.4, 0.5) is 0 Å². The molecule has 0 bridgehead atoms. The van der Waals surface area contributed by atoms with E-state index in [1.165, 1.54) is 7.11 Å². The van der Waals surface area contributed by atoms with Gasteiger partial charge < -0.3 is 10.1 Å². The van der Waals surface area contributed by atoms with Crippen molar-refractivity contribution in [3.8, 4) is 11.3 Å². The first-order valence-corrected chi connectivity index (χ1v) is 7.41. The maximum absolute atomic E-state index is 12.0. The highest BCUT2D eigenvalue weighted by Gasteiger charge is 2.12. The summed E-state index contributed by atoms with van der Waals surface area (Å²) in [6.45, 7) is 2.04. The Morgan fingerprint density at radius 2 is 2.14 bits per heavy atom. The maximum atomic E-state index is 12.0. The van der Waals surface area contributed by atoms with E-state index in [1.807, 2.05) is 22.9 Å². The number of rotatable bonds is 5. The van der Waals surface area contributed by atoms with Gasteiger partial charge in [-0.15, -0.1) is 0 Å². The van der Waals surface area contributed by atoms with Gasteiger partial charge >= 0.3 is 5.97 Å². The molecule has 5 nitrogen and oxygen atoms in total. The average Bonchev–Trinajstić information content (AvgIpc) is 3.00. The summed E-state index contributed by atoms with van der Waals surface area (Å²) < 4.78 is 4.52. The fraction of sp³-hybridized carbons (Fsp3) is 0.267. The van der Waals surface area contributed by atoms with E-state index in [0.717, 1.165) is 11.3 Å². The topological polar surface area (TPSA) is 68.3 Å². The summed E-state index contributed by atoms with van der Waals surface area (Å²) in [4.78, 5) is 27.5. The normalized spacial score (nSPS) is 10.2. The van der Waals surface area contributed by atoms with Crippen LogP contribution in [0.25, 0.3) is 11.3 Å². The molecule has 2 aromatic rings. The van der Waals surface area contributed by atoms with E-state index >= 15 is 0 Å². The molecule has 2 rings (SSSR count).